The molecule has 3 rings (SSSR count). The Kier molecular flexibility index (Phi) is 7.48. The van der Waals surface area contributed by atoms with Gasteiger partial charge in [-0.1, -0.05) is 47.6 Å². The van der Waals surface area contributed by atoms with Gasteiger partial charge in [0.2, 0.25) is 11.8 Å². The van der Waals surface area contributed by atoms with Gasteiger partial charge < -0.3 is 15.2 Å². The van der Waals surface area contributed by atoms with Crippen LogP contribution in [0.5, 0.6) is 0 Å². The van der Waals surface area contributed by atoms with E-state index in [1.54, 1.807) is 10.6 Å². The number of amides is 2. The molecule has 2 N–H and O–H groups in total. The summed E-state index contributed by atoms with van der Waals surface area (Å²) in [5, 5.41) is 15.2. The number of halogens is 1. The number of benzene rings is 2. The molecule has 0 saturated carbocycles. The second-order valence-electron chi connectivity index (χ2n) is 6.67. The smallest absolute Gasteiger partial charge is 0.234 e. The minimum absolute atomic E-state index is 0.119. The monoisotopic (exact) mass is 443 g/mol. The van der Waals surface area contributed by atoms with Crippen LogP contribution in [-0.4, -0.2) is 32.3 Å². The molecule has 0 fully saturated rings. The zero-order valence-electron chi connectivity index (χ0n) is 16.7. The Bertz CT molecular complexity index is 1040. The van der Waals surface area contributed by atoms with Crippen LogP contribution in [0.25, 0.3) is 0 Å². The van der Waals surface area contributed by atoms with Gasteiger partial charge in [0.05, 0.1) is 5.75 Å². The molecule has 0 saturated heterocycles. The highest BCUT2D eigenvalue weighted by Gasteiger charge is 2.13. The van der Waals surface area contributed by atoms with Gasteiger partial charge in [-0.25, -0.2) is 0 Å². The molecule has 156 valence electrons. The molecule has 0 radical (unpaired) electrons. The van der Waals surface area contributed by atoms with Gasteiger partial charge in [0, 0.05) is 36.3 Å². The number of nitrogens with one attached hydrogen (secondary N) is 2. The summed E-state index contributed by atoms with van der Waals surface area (Å²) in [6, 6.07) is 14.7. The highest BCUT2D eigenvalue weighted by Crippen LogP contribution is 2.20. The molecule has 0 aliphatic heterocycles. The SMILES string of the molecule is Cc1ccc(NC(=O)CCc2nnc(SCC(=O)Nc3ccccc3)n2C)cc1Cl. The number of carbonyl (C=O) groups excluding carboxylic acids is 2. The van der Waals surface area contributed by atoms with E-state index >= 15 is 0 Å². The van der Waals surface area contributed by atoms with Crippen molar-refractivity contribution < 1.29 is 9.59 Å². The molecule has 30 heavy (non-hydrogen) atoms. The zero-order valence-corrected chi connectivity index (χ0v) is 18.3. The van der Waals surface area contributed by atoms with Gasteiger partial charge in [-0.3, -0.25) is 9.59 Å². The predicted molar refractivity (Wildman–Crippen MR) is 120 cm³/mol. The van der Waals surface area contributed by atoms with Crippen molar-refractivity contribution in [3.8, 4) is 0 Å². The number of thioether (sulfide) groups is 1. The number of rotatable bonds is 8. The molecule has 9 heteroatoms. The summed E-state index contributed by atoms with van der Waals surface area (Å²) < 4.78 is 1.80. The molecule has 2 aromatic carbocycles. The fourth-order valence-corrected chi connectivity index (χ4v) is 3.57. The Hall–Kier alpha value is -2.84. The predicted octanol–water partition coefficient (Wildman–Crippen LogP) is 4.08. The number of anilines is 2. The summed E-state index contributed by atoms with van der Waals surface area (Å²) in [7, 11) is 1.82. The fourth-order valence-electron chi connectivity index (χ4n) is 2.66. The van der Waals surface area contributed by atoms with Crippen molar-refractivity contribution in [3.05, 3.63) is 64.9 Å². The first-order valence-corrected chi connectivity index (χ1v) is 10.7. The highest BCUT2D eigenvalue weighted by molar-refractivity contribution is 7.99. The van der Waals surface area contributed by atoms with Crippen LogP contribution in [0.15, 0.2) is 53.7 Å². The van der Waals surface area contributed by atoms with Crippen LogP contribution in [0, 0.1) is 6.92 Å². The molecule has 0 aliphatic carbocycles. The van der Waals surface area contributed by atoms with Gasteiger partial charge in [0.25, 0.3) is 0 Å². The van der Waals surface area contributed by atoms with Crippen molar-refractivity contribution in [2.24, 2.45) is 7.05 Å². The first-order chi connectivity index (χ1) is 14.4. The number of hydrogen-bond acceptors (Lipinski definition) is 5. The van der Waals surface area contributed by atoms with Crippen LogP contribution in [0.3, 0.4) is 0 Å². The lowest BCUT2D eigenvalue weighted by atomic mass is 10.2. The van der Waals surface area contributed by atoms with Gasteiger partial charge in [0.1, 0.15) is 5.82 Å². The number of para-hydroxylation sites is 1. The molecule has 3 aromatic rings. The minimum Gasteiger partial charge on any atom is -0.326 e. The van der Waals surface area contributed by atoms with Gasteiger partial charge in [0.15, 0.2) is 5.16 Å². The fraction of sp³-hybridized carbons (Fsp3) is 0.238. The summed E-state index contributed by atoms with van der Waals surface area (Å²) >= 11 is 7.38. The molecule has 2 amide bonds. The number of carbonyl (C=O) groups is 2. The Morgan fingerprint density at radius 1 is 1.03 bits per heavy atom. The molecule has 0 atom stereocenters. The van der Waals surface area contributed by atoms with Crippen molar-refractivity contribution in [2.45, 2.75) is 24.9 Å². The molecular formula is C21H22ClN5O2S. The van der Waals surface area contributed by atoms with E-state index in [2.05, 4.69) is 20.8 Å². The molecule has 1 heterocycles. The van der Waals surface area contributed by atoms with E-state index in [9.17, 15) is 9.59 Å². The van der Waals surface area contributed by atoms with Crippen molar-refractivity contribution in [3.63, 3.8) is 0 Å². The summed E-state index contributed by atoms with van der Waals surface area (Å²) in [5.41, 5.74) is 2.37. The highest BCUT2D eigenvalue weighted by atomic mass is 35.5. The maximum Gasteiger partial charge on any atom is 0.234 e. The summed E-state index contributed by atoms with van der Waals surface area (Å²) in [6.07, 6.45) is 0.697. The van der Waals surface area contributed by atoms with Gasteiger partial charge in [-0.2, -0.15) is 0 Å². The molecule has 0 spiro atoms. The average Bonchev–Trinajstić information content (AvgIpc) is 3.08. The summed E-state index contributed by atoms with van der Waals surface area (Å²) in [5.74, 6) is 0.648. The number of hydrogen-bond donors (Lipinski definition) is 2. The topological polar surface area (TPSA) is 88.9 Å². The van der Waals surface area contributed by atoms with E-state index in [4.69, 9.17) is 11.6 Å². The lowest BCUT2D eigenvalue weighted by Crippen LogP contribution is -2.15. The number of nitrogens with zero attached hydrogens (tertiary/aromatic N) is 3. The van der Waals surface area contributed by atoms with Crippen LogP contribution in [0.2, 0.25) is 5.02 Å². The van der Waals surface area contributed by atoms with Crippen LogP contribution in [0.1, 0.15) is 17.8 Å². The Balaban J connectivity index is 1.48. The first-order valence-electron chi connectivity index (χ1n) is 9.34. The molecule has 7 nitrogen and oxygen atoms in total. The van der Waals surface area contributed by atoms with Crippen LogP contribution >= 0.6 is 23.4 Å². The number of aromatic nitrogens is 3. The standard InChI is InChI=1S/C21H22ClN5O2S/c1-14-8-9-16(12-17(14)22)24-19(28)11-10-18-25-26-21(27(18)2)30-13-20(29)23-15-6-4-3-5-7-15/h3-9,12H,10-11,13H2,1-2H3,(H,23,29)(H,24,28). The van der Waals surface area contributed by atoms with E-state index in [-0.39, 0.29) is 24.0 Å². The lowest BCUT2D eigenvalue weighted by molar-refractivity contribution is -0.116. The van der Waals surface area contributed by atoms with E-state index < -0.39 is 0 Å². The van der Waals surface area contributed by atoms with E-state index in [0.29, 0.717) is 28.1 Å². The summed E-state index contributed by atoms with van der Waals surface area (Å²) in [6.45, 7) is 1.91. The van der Waals surface area contributed by atoms with Crippen molar-refractivity contribution in [1.29, 1.82) is 0 Å². The second-order valence-corrected chi connectivity index (χ2v) is 8.02. The number of aryl methyl sites for hydroxylation is 2. The summed E-state index contributed by atoms with van der Waals surface area (Å²) in [4.78, 5) is 24.3. The quantitative estimate of drug-likeness (QED) is 0.512. The van der Waals surface area contributed by atoms with Crippen LogP contribution in [0.4, 0.5) is 11.4 Å². The first kappa shape index (κ1) is 21.9. The Morgan fingerprint density at radius 3 is 2.50 bits per heavy atom. The van der Waals surface area contributed by atoms with E-state index in [1.807, 2.05) is 56.4 Å². The third kappa shape index (κ3) is 6.08. The van der Waals surface area contributed by atoms with Gasteiger partial charge >= 0.3 is 0 Å². The van der Waals surface area contributed by atoms with Crippen molar-refractivity contribution in [1.82, 2.24) is 14.8 Å². The minimum atomic E-state index is -0.130. The second kappa shape index (κ2) is 10.3. The van der Waals surface area contributed by atoms with Crippen LogP contribution in [-0.2, 0) is 23.1 Å². The molecule has 0 unspecified atom stereocenters. The van der Waals surface area contributed by atoms with E-state index in [1.165, 1.54) is 11.8 Å². The Labute approximate surface area is 184 Å². The van der Waals surface area contributed by atoms with Gasteiger partial charge in [-0.05, 0) is 36.8 Å². The third-order valence-electron chi connectivity index (χ3n) is 4.35. The lowest BCUT2D eigenvalue weighted by Gasteiger charge is -2.07. The largest absolute Gasteiger partial charge is 0.326 e. The Morgan fingerprint density at radius 2 is 1.77 bits per heavy atom. The van der Waals surface area contributed by atoms with Crippen molar-refractivity contribution in [2.75, 3.05) is 16.4 Å². The molecule has 0 bridgehead atoms. The molecule has 1 aromatic heterocycles. The zero-order chi connectivity index (χ0) is 21.5. The molecule has 0 aliphatic rings. The van der Waals surface area contributed by atoms with Crippen molar-refractivity contribution >= 4 is 46.6 Å². The normalized spacial score (nSPS) is 10.6. The maximum atomic E-state index is 12.2. The van der Waals surface area contributed by atoms with Crippen LogP contribution < -0.4 is 10.6 Å². The van der Waals surface area contributed by atoms with Gasteiger partial charge in [-0.15, -0.1) is 10.2 Å². The third-order valence-corrected chi connectivity index (χ3v) is 5.77. The molecular weight excluding hydrogens is 422 g/mol. The maximum absolute atomic E-state index is 12.2. The average molecular weight is 444 g/mol. The van der Waals surface area contributed by atoms with E-state index in [0.717, 1.165) is 11.3 Å².